The van der Waals surface area contributed by atoms with Crippen molar-refractivity contribution in [3.8, 4) is 5.75 Å². The first-order valence-corrected chi connectivity index (χ1v) is 7.33. The molecule has 5 heteroatoms. The Hall–Kier alpha value is -2.20. The van der Waals surface area contributed by atoms with Crippen LogP contribution in [0.15, 0.2) is 48.5 Å². The van der Waals surface area contributed by atoms with Crippen LogP contribution in [0.3, 0.4) is 0 Å². The molecular formula is C17H19ClN2O2. The molecule has 2 amide bonds. The van der Waals surface area contributed by atoms with E-state index in [-0.39, 0.29) is 12.1 Å². The summed E-state index contributed by atoms with van der Waals surface area (Å²) < 4.78 is 5.35. The third-order valence-corrected chi connectivity index (χ3v) is 3.94. The highest BCUT2D eigenvalue weighted by Crippen LogP contribution is 2.29. The smallest absolute Gasteiger partial charge is 0.322 e. The molecule has 0 spiro atoms. The molecule has 0 radical (unpaired) electrons. The summed E-state index contributed by atoms with van der Waals surface area (Å²) in [7, 11) is 3.36. The van der Waals surface area contributed by atoms with Crippen LogP contribution in [-0.4, -0.2) is 25.1 Å². The predicted octanol–water partition coefficient (Wildman–Crippen LogP) is 4.57. The molecule has 0 fully saturated rings. The van der Waals surface area contributed by atoms with Gasteiger partial charge in [-0.1, -0.05) is 41.9 Å². The zero-order valence-electron chi connectivity index (χ0n) is 12.8. The van der Waals surface area contributed by atoms with Crippen LogP contribution in [0, 0.1) is 0 Å². The number of nitrogens with zero attached hydrogens (tertiary/aromatic N) is 1. The summed E-state index contributed by atoms with van der Waals surface area (Å²) in [6.07, 6.45) is 0. The number of rotatable bonds is 4. The summed E-state index contributed by atoms with van der Waals surface area (Å²) in [4.78, 5) is 14.0. The summed E-state index contributed by atoms with van der Waals surface area (Å²) in [5.41, 5.74) is 1.54. The van der Waals surface area contributed by atoms with E-state index in [1.807, 2.05) is 43.3 Å². The van der Waals surface area contributed by atoms with E-state index in [0.717, 1.165) is 11.3 Å². The molecule has 2 aromatic rings. The number of urea groups is 1. The van der Waals surface area contributed by atoms with Crippen molar-refractivity contribution in [1.82, 2.24) is 4.90 Å². The van der Waals surface area contributed by atoms with Gasteiger partial charge in [-0.25, -0.2) is 4.79 Å². The Labute approximate surface area is 135 Å². The molecule has 0 saturated carbocycles. The second-order valence-corrected chi connectivity index (χ2v) is 5.35. The minimum absolute atomic E-state index is 0.140. The molecule has 0 aliphatic heterocycles. The lowest BCUT2D eigenvalue weighted by Crippen LogP contribution is -2.33. The van der Waals surface area contributed by atoms with Crippen LogP contribution in [-0.2, 0) is 0 Å². The highest BCUT2D eigenvalue weighted by molar-refractivity contribution is 6.33. The highest BCUT2D eigenvalue weighted by Gasteiger charge is 2.20. The largest absolute Gasteiger partial charge is 0.496 e. The van der Waals surface area contributed by atoms with Gasteiger partial charge in [-0.3, -0.25) is 0 Å². The molecule has 0 saturated heterocycles. The van der Waals surface area contributed by atoms with Gasteiger partial charge in [0.25, 0.3) is 0 Å². The maximum Gasteiger partial charge on any atom is 0.322 e. The summed E-state index contributed by atoms with van der Waals surface area (Å²) >= 11 is 6.06. The minimum Gasteiger partial charge on any atom is -0.496 e. The summed E-state index contributed by atoms with van der Waals surface area (Å²) in [6, 6.07) is 14.4. The van der Waals surface area contributed by atoms with Crippen LogP contribution in [0.25, 0.3) is 0 Å². The minimum atomic E-state index is -0.230. The monoisotopic (exact) mass is 318 g/mol. The Balaban J connectivity index is 2.15. The molecule has 0 aliphatic carbocycles. The van der Waals surface area contributed by atoms with E-state index in [9.17, 15) is 4.79 Å². The fourth-order valence-electron chi connectivity index (χ4n) is 2.16. The van der Waals surface area contributed by atoms with E-state index >= 15 is 0 Å². The number of ether oxygens (including phenoxy) is 1. The molecule has 1 atom stereocenters. The van der Waals surface area contributed by atoms with Crippen molar-refractivity contribution < 1.29 is 9.53 Å². The topological polar surface area (TPSA) is 41.6 Å². The quantitative estimate of drug-likeness (QED) is 0.897. The standard InChI is InChI=1S/C17H19ClN2O2/c1-12(13-8-4-7-11-16(13)22-3)20(2)17(21)19-15-10-6-5-9-14(15)18/h4-12H,1-3H3,(H,19,21)/t12-/m1/s1. The summed E-state index contributed by atoms with van der Waals surface area (Å²) in [5, 5.41) is 3.32. The highest BCUT2D eigenvalue weighted by atomic mass is 35.5. The lowest BCUT2D eigenvalue weighted by atomic mass is 10.1. The number of carbonyl (C=O) groups excluding carboxylic acids is 1. The number of nitrogens with one attached hydrogen (secondary N) is 1. The van der Waals surface area contributed by atoms with Gasteiger partial charge in [0.2, 0.25) is 0 Å². The Bertz CT molecular complexity index is 661. The third kappa shape index (κ3) is 3.52. The van der Waals surface area contributed by atoms with Gasteiger partial charge in [0.05, 0.1) is 23.9 Å². The van der Waals surface area contributed by atoms with Gasteiger partial charge in [0, 0.05) is 12.6 Å². The van der Waals surface area contributed by atoms with E-state index in [4.69, 9.17) is 16.3 Å². The van der Waals surface area contributed by atoms with Crippen molar-refractivity contribution in [3.63, 3.8) is 0 Å². The normalized spacial score (nSPS) is 11.6. The van der Waals surface area contributed by atoms with Crippen molar-refractivity contribution >= 4 is 23.3 Å². The summed E-state index contributed by atoms with van der Waals surface area (Å²) in [5.74, 6) is 0.757. The molecule has 0 heterocycles. The fourth-order valence-corrected chi connectivity index (χ4v) is 2.35. The summed E-state index contributed by atoms with van der Waals surface area (Å²) in [6.45, 7) is 1.95. The zero-order chi connectivity index (χ0) is 16.1. The van der Waals surface area contributed by atoms with Crippen LogP contribution < -0.4 is 10.1 Å². The Kier molecular flexibility index (Phi) is 5.28. The van der Waals surface area contributed by atoms with E-state index < -0.39 is 0 Å². The van der Waals surface area contributed by atoms with Crippen molar-refractivity contribution in [2.24, 2.45) is 0 Å². The molecule has 0 bridgehead atoms. The maximum absolute atomic E-state index is 12.4. The Morgan fingerprint density at radius 1 is 1.18 bits per heavy atom. The lowest BCUT2D eigenvalue weighted by Gasteiger charge is -2.27. The number of halogens is 1. The van der Waals surface area contributed by atoms with E-state index in [0.29, 0.717) is 10.7 Å². The number of para-hydroxylation sites is 2. The second kappa shape index (κ2) is 7.18. The van der Waals surface area contributed by atoms with Gasteiger partial charge in [-0.05, 0) is 25.1 Å². The average Bonchev–Trinajstić information content (AvgIpc) is 2.55. The predicted molar refractivity (Wildman–Crippen MR) is 89.6 cm³/mol. The van der Waals surface area contributed by atoms with Gasteiger partial charge in [-0.15, -0.1) is 0 Å². The Morgan fingerprint density at radius 2 is 1.82 bits per heavy atom. The van der Waals surface area contributed by atoms with Crippen LogP contribution in [0.2, 0.25) is 5.02 Å². The molecule has 0 unspecified atom stereocenters. The van der Waals surface area contributed by atoms with Crippen molar-refractivity contribution in [2.75, 3.05) is 19.5 Å². The van der Waals surface area contributed by atoms with Crippen molar-refractivity contribution in [1.29, 1.82) is 0 Å². The van der Waals surface area contributed by atoms with Gasteiger partial charge in [0.1, 0.15) is 5.75 Å². The number of methoxy groups -OCH3 is 1. The van der Waals surface area contributed by atoms with Crippen LogP contribution in [0.5, 0.6) is 5.75 Å². The Morgan fingerprint density at radius 3 is 2.50 bits per heavy atom. The van der Waals surface area contributed by atoms with E-state index in [1.165, 1.54) is 0 Å². The average molecular weight is 319 g/mol. The molecule has 22 heavy (non-hydrogen) atoms. The molecule has 0 aromatic heterocycles. The molecule has 2 rings (SSSR count). The SMILES string of the molecule is COc1ccccc1[C@@H](C)N(C)C(=O)Nc1ccccc1Cl. The lowest BCUT2D eigenvalue weighted by molar-refractivity contribution is 0.207. The molecular weight excluding hydrogens is 300 g/mol. The third-order valence-electron chi connectivity index (χ3n) is 3.61. The zero-order valence-corrected chi connectivity index (χ0v) is 13.6. The first kappa shape index (κ1) is 16.2. The first-order chi connectivity index (χ1) is 10.5. The van der Waals surface area contributed by atoms with Crippen molar-refractivity contribution in [3.05, 3.63) is 59.1 Å². The van der Waals surface area contributed by atoms with E-state index in [2.05, 4.69) is 5.32 Å². The number of carbonyl (C=O) groups is 1. The van der Waals surface area contributed by atoms with Gasteiger partial charge in [-0.2, -0.15) is 0 Å². The van der Waals surface area contributed by atoms with Crippen LogP contribution in [0.4, 0.5) is 10.5 Å². The number of hydrogen-bond donors (Lipinski definition) is 1. The fraction of sp³-hybridized carbons (Fsp3) is 0.235. The van der Waals surface area contributed by atoms with Crippen molar-refractivity contribution in [2.45, 2.75) is 13.0 Å². The van der Waals surface area contributed by atoms with Crippen LogP contribution >= 0.6 is 11.6 Å². The second-order valence-electron chi connectivity index (χ2n) is 4.94. The molecule has 0 aliphatic rings. The molecule has 1 N–H and O–H groups in total. The number of anilines is 1. The van der Waals surface area contributed by atoms with Gasteiger partial charge in [0.15, 0.2) is 0 Å². The molecule has 116 valence electrons. The van der Waals surface area contributed by atoms with Gasteiger partial charge < -0.3 is 15.0 Å². The number of benzene rings is 2. The molecule has 2 aromatic carbocycles. The maximum atomic E-state index is 12.4. The number of amides is 2. The molecule has 4 nitrogen and oxygen atoms in total. The number of hydrogen-bond acceptors (Lipinski definition) is 2. The first-order valence-electron chi connectivity index (χ1n) is 6.96. The van der Waals surface area contributed by atoms with Crippen LogP contribution in [0.1, 0.15) is 18.5 Å². The van der Waals surface area contributed by atoms with Gasteiger partial charge >= 0.3 is 6.03 Å². The van der Waals surface area contributed by atoms with E-state index in [1.54, 1.807) is 31.2 Å².